The number of nitrogens with zero attached hydrogens (tertiary/aromatic N) is 1. The first-order valence-corrected chi connectivity index (χ1v) is 7.52. The van der Waals surface area contributed by atoms with Crippen molar-refractivity contribution in [1.82, 2.24) is 10.2 Å². The van der Waals surface area contributed by atoms with E-state index >= 15 is 0 Å². The van der Waals surface area contributed by atoms with E-state index in [-0.39, 0.29) is 11.8 Å². The molecule has 0 saturated carbocycles. The molecule has 4 nitrogen and oxygen atoms in total. The van der Waals surface area contributed by atoms with Gasteiger partial charge in [0.15, 0.2) is 0 Å². The topological polar surface area (TPSA) is 49.4 Å². The Labute approximate surface area is 130 Å². The first-order valence-electron chi connectivity index (χ1n) is 7.14. The second-order valence-electron chi connectivity index (χ2n) is 6.07. The zero-order chi connectivity index (χ0) is 15.8. The maximum atomic E-state index is 12.6. The van der Waals surface area contributed by atoms with E-state index in [9.17, 15) is 9.59 Å². The summed E-state index contributed by atoms with van der Waals surface area (Å²) in [5, 5.41) is 3.41. The number of rotatable bonds is 3. The molecule has 0 bridgehead atoms. The summed E-state index contributed by atoms with van der Waals surface area (Å²) in [4.78, 5) is 26.4. The Morgan fingerprint density at radius 1 is 1.33 bits per heavy atom. The van der Waals surface area contributed by atoms with Gasteiger partial charge in [-0.25, -0.2) is 0 Å². The Kier molecular flexibility index (Phi) is 4.28. The lowest BCUT2D eigenvalue weighted by Gasteiger charge is -2.42. The highest BCUT2D eigenvalue weighted by Gasteiger charge is 2.44. The third-order valence-corrected chi connectivity index (χ3v) is 4.20. The molecular formula is C16H21ClN2O2. The Morgan fingerprint density at radius 2 is 2.00 bits per heavy atom. The van der Waals surface area contributed by atoms with Gasteiger partial charge in [-0.3, -0.25) is 9.59 Å². The molecule has 1 aliphatic heterocycles. The summed E-state index contributed by atoms with van der Waals surface area (Å²) in [5.74, 6) is -0.184. The first-order chi connectivity index (χ1) is 9.76. The number of benzene rings is 1. The van der Waals surface area contributed by atoms with Gasteiger partial charge in [0.25, 0.3) is 0 Å². The molecule has 1 aliphatic rings. The maximum absolute atomic E-state index is 12.6. The molecule has 1 N–H and O–H groups in total. The second kappa shape index (κ2) is 5.68. The normalized spacial score (nSPS) is 21.4. The molecule has 1 heterocycles. The number of aryl methyl sites for hydroxylation is 1. The summed E-state index contributed by atoms with van der Waals surface area (Å²) in [6, 6.07) is 5.30. The molecule has 0 aliphatic carbocycles. The minimum atomic E-state index is -0.875. The van der Waals surface area contributed by atoms with Gasteiger partial charge in [0, 0.05) is 11.6 Å². The highest BCUT2D eigenvalue weighted by molar-refractivity contribution is 6.31. The molecule has 1 fully saturated rings. The monoisotopic (exact) mass is 308 g/mol. The van der Waals surface area contributed by atoms with E-state index in [4.69, 9.17) is 11.6 Å². The predicted octanol–water partition coefficient (Wildman–Crippen LogP) is 2.66. The summed E-state index contributed by atoms with van der Waals surface area (Å²) < 4.78 is 0. The van der Waals surface area contributed by atoms with Crippen LogP contribution in [0.15, 0.2) is 18.2 Å². The van der Waals surface area contributed by atoms with Gasteiger partial charge in [0.2, 0.25) is 11.8 Å². The van der Waals surface area contributed by atoms with Crippen molar-refractivity contribution in [3.8, 4) is 0 Å². The molecule has 1 unspecified atom stereocenters. The Bertz CT molecular complexity index is 584. The fraction of sp³-hybridized carbons (Fsp3) is 0.500. The van der Waals surface area contributed by atoms with Crippen LogP contribution in [0, 0.1) is 6.92 Å². The summed E-state index contributed by atoms with van der Waals surface area (Å²) in [7, 11) is 0. The lowest BCUT2D eigenvalue weighted by Crippen LogP contribution is -2.67. The SMILES string of the molecule is CCC1C(=O)NC(C)(C)C(=O)N1Cc1ccc(C)cc1Cl. The molecule has 0 spiro atoms. The predicted molar refractivity (Wildman–Crippen MR) is 83.0 cm³/mol. The molecule has 21 heavy (non-hydrogen) atoms. The molecule has 0 aromatic heterocycles. The summed E-state index contributed by atoms with van der Waals surface area (Å²) in [6.07, 6.45) is 0.580. The number of piperazine rings is 1. The summed E-state index contributed by atoms with van der Waals surface area (Å²) in [6.45, 7) is 7.67. The average Bonchev–Trinajstić information content (AvgIpc) is 2.38. The highest BCUT2D eigenvalue weighted by Crippen LogP contribution is 2.25. The minimum Gasteiger partial charge on any atom is -0.340 e. The van der Waals surface area contributed by atoms with Crippen molar-refractivity contribution < 1.29 is 9.59 Å². The molecule has 1 atom stereocenters. The fourth-order valence-corrected chi connectivity index (χ4v) is 2.93. The van der Waals surface area contributed by atoms with Crippen LogP contribution in [0.2, 0.25) is 5.02 Å². The van der Waals surface area contributed by atoms with Crippen molar-refractivity contribution in [2.45, 2.75) is 52.2 Å². The van der Waals surface area contributed by atoms with E-state index < -0.39 is 11.6 Å². The van der Waals surface area contributed by atoms with Gasteiger partial charge < -0.3 is 10.2 Å². The molecule has 1 saturated heterocycles. The number of amides is 2. The average molecular weight is 309 g/mol. The van der Waals surface area contributed by atoms with Crippen LogP contribution in [0.25, 0.3) is 0 Å². The molecule has 1 aromatic carbocycles. The van der Waals surface area contributed by atoms with E-state index in [0.29, 0.717) is 18.0 Å². The number of halogens is 1. The van der Waals surface area contributed by atoms with Crippen LogP contribution in [0.1, 0.15) is 38.3 Å². The van der Waals surface area contributed by atoms with Crippen LogP contribution in [0.3, 0.4) is 0 Å². The fourth-order valence-electron chi connectivity index (χ4n) is 2.64. The van der Waals surface area contributed by atoms with Crippen molar-refractivity contribution in [2.24, 2.45) is 0 Å². The van der Waals surface area contributed by atoms with E-state index in [1.807, 2.05) is 32.0 Å². The van der Waals surface area contributed by atoms with Crippen molar-refractivity contribution >= 4 is 23.4 Å². The van der Waals surface area contributed by atoms with Gasteiger partial charge in [-0.05, 0) is 44.4 Å². The van der Waals surface area contributed by atoms with Crippen molar-refractivity contribution in [2.75, 3.05) is 0 Å². The number of nitrogens with one attached hydrogen (secondary N) is 1. The lowest BCUT2D eigenvalue weighted by molar-refractivity contribution is -0.154. The zero-order valence-electron chi connectivity index (χ0n) is 12.9. The Morgan fingerprint density at radius 3 is 2.57 bits per heavy atom. The van der Waals surface area contributed by atoms with E-state index in [0.717, 1.165) is 11.1 Å². The largest absolute Gasteiger partial charge is 0.340 e. The third kappa shape index (κ3) is 3.05. The van der Waals surface area contributed by atoms with Gasteiger partial charge in [-0.15, -0.1) is 0 Å². The van der Waals surface area contributed by atoms with Gasteiger partial charge in [0.1, 0.15) is 11.6 Å². The van der Waals surface area contributed by atoms with Crippen LogP contribution < -0.4 is 5.32 Å². The molecule has 0 radical (unpaired) electrons. The van der Waals surface area contributed by atoms with Gasteiger partial charge in [0.05, 0.1) is 0 Å². The van der Waals surface area contributed by atoms with Gasteiger partial charge in [-0.2, -0.15) is 0 Å². The van der Waals surface area contributed by atoms with E-state index in [1.165, 1.54) is 0 Å². The van der Waals surface area contributed by atoms with Crippen LogP contribution in [0.5, 0.6) is 0 Å². The standard InChI is InChI=1S/C16H21ClN2O2/c1-5-13-14(20)18-16(3,4)15(21)19(13)9-11-7-6-10(2)8-12(11)17/h6-8,13H,5,9H2,1-4H3,(H,18,20). The molecular weight excluding hydrogens is 288 g/mol. The summed E-state index contributed by atoms with van der Waals surface area (Å²) >= 11 is 6.26. The van der Waals surface area contributed by atoms with Gasteiger partial charge >= 0.3 is 0 Å². The number of carbonyl (C=O) groups excluding carboxylic acids is 2. The smallest absolute Gasteiger partial charge is 0.248 e. The van der Waals surface area contributed by atoms with Crippen molar-refractivity contribution in [3.05, 3.63) is 34.3 Å². The number of carbonyl (C=O) groups is 2. The van der Waals surface area contributed by atoms with Gasteiger partial charge in [-0.1, -0.05) is 30.7 Å². The van der Waals surface area contributed by atoms with Crippen LogP contribution >= 0.6 is 11.6 Å². The lowest BCUT2D eigenvalue weighted by atomic mass is 9.95. The second-order valence-corrected chi connectivity index (χ2v) is 6.47. The molecule has 2 amide bonds. The Balaban J connectivity index is 2.33. The first kappa shape index (κ1) is 15.8. The molecule has 114 valence electrons. The summed E-state index contributed by atoms with van der Waals surface area (Å²) in [5.41, 5.74) is 1.05. The van der Waals surface area contributed by atoms with Crippen molar-refractivity contribution in [1.29, 1.82) is 0 Å². The van der Waals surface area contributed by atoms with Crippen LogP contribution in [-0.4, -0.2) is 28.3 Å². The van der Waals surface area contributed by atoms with E-state index in [2.05, 4.69) is 5.32 Å². The third-order valence-electron chi connectivity index (χ3n) is 3.85. The zero-order valence-corrected chi connectivity index (χ0v) is 13.6. The maximum Gasteiger partial charge on any atom is 0.248 e. The molecule has 2 rings (SSSR count). The van der Waals surface area contributed by atoms with Crippen molar-refractivity contribution in [3.63, 3.8) is 0 Å². The number of hydrogen-bond donors (Lipinski definition) is 1. The van der Waals surface area contributed by atoms with E-state index in [1.54, 1.807) is 18.7 Å². The minimum absolute atomic E-state index is 0.0782. The molecule has 1 aromatic rings. The number of hydrogen-bond acceptors (Lipinski definition) is 2. The highest BCUT2D eigenvalue weighted by atomic mass is 35.5. The Hall–Kier alpha value is -1.55. The molecule has 5 heteroatoms. The van der Waals surface area contributed by atoms with Crippen LogP contribution in [0.4, 0.5) is 0 Å². The van der Waals surface area contributed by atoms with Crippen LogP contribution in [-0.2, 0) is 16.1 Å². The quantitative estimate of drug-likeness (QED) is 0.933.